The number of phosphoric acid groups is 2. The van der Waals surface area contributed by atoms with E-state index in [-0.39, 0.29) is 0 Å². The van der Waals surface area contributed by atoms with Gasteiger partial charge < -0.3 is 33.9 Å². The lowest BCUT2D eigenvalue weighted by Crippen LogP contribution is -2.43. The molecule has 1 aromatic rings. The Hall–Kier alpha value is -0.640. The molecule has 30 heavy (non-hydrogen) atoms. The molecule has 6 atom stereocenters. The van der Waals surface area contributed by atoms with Crippen LogP contribution in [0.3, 0.4) is 0 Å². The zero-order valence-corrected chi connectivity index (χ0v) is 18.2. The Labute approximate surface area is 171 Å². The third-order valence-corrected chi connectivity index (χ3v) is 8.36. The summed E-state index contributed by atoms with van der Waals surface area (Å²) in [5.74, 6) is 0. The van der Waals surface area contributed by atoms with E-state index in [0.717, 1.165) is 19.2 Å². The van der Waals surface area contributed by atoms with Gasteiger partial charge in [0.05, 0.1) is 6.61 Å². The number of hydrogen-bond acceptors (Lipinski definition) is 10. The smallest absolute Gasteiger partial charge is 0.387 e. The first-order valence-corrected chi connectivity index (χ1v) is 13.2. The highest BCUT2D eigenvalue weighted by atomic mass is 32.5. The van der Waals surface area contributed by atoms with Gasteiger partial charge in [0.25, 0.3) is 5.56 Å². The van der Waals surface area contributed by atoms with Gasteiger partial charge in [-0.3, -0.25) is 14.3 Å². The number of rotatable bonds is 8. The minimum absolute atomic E-state index is 0.645. The zero-order valence-electron chi connectivity index (χ0n) is 14.7. The van der Waals surface area contributed by atoms with Crippen LogP contribution < -0.4 is 11.2 Å². The van der Waals surface area contributed by atoms with Gasteiger partial charge in [0.1, 0.15) is 12.2 Å². The molecule has 1 aliphatic rings. The summed E-state index contributed by atoms with van der Waals surface area (Å²) < 4.78 is 55.0. The average molecular weight is 516 g/mol. The Morgan fingerprint density at radius 2 is 1.90 bits per heavy atom. The largest absolute Gasteiger partial charge is 0.488 e. The summed E-state index contributed by atoms with van der Waals surface area (Å²) in [5.41, 5.74) is -4.42. The second kappa shape index (κ2) is 8.71. The van der Waals surface area contributed by atoms with Crippen LogP contribution in [0.1, 0.15) is 13.2 Å². The quantitative estimate of drug-likeness (QED) is 0.228. The van der Waals surface area contributed by atoms with Gasteiger partial charge >= 0.3 is 28.1 Å². The monoisotopic (exact) mass is 516 g/mol. The van der Waals surface area contributed by atoms with Gasteiger partial charge in [0.15, 0.2) is 11.9 Å². The molecule has 1 aromatic heterocycles. The number of hydrogen-bond donors (Lipinski definition) is 6. The van der Waals surface area contributed by atoms with Gasteiger partial charge in [-0.2, -0.15) is 4.31 Å². The van der Waals surface area contributed by atoms with E-state index in [2.05, 4.69) is 25.0 Å². The first kappa shape index (κ1) is 25.6. The molecule has 1 fully saturated rings. The summed E-state index contributed by atoms with van der Waals surface area (Å²) in [4.78, 5) is 60.8. The van der Waals surface area contributed by atoms with Crippen LogP contribution in [0.2, 0.25) is 0 Å². The number of aromatic amines is 1. The molecule has 172 valence electrons. The maximum atomic E-state index is 15.0. The molecule has 2 rings (SSSR count). The number of aliphatic hydroxyl groups is 1. The van der Waals surface area contributed by atoms with Crippen LogP contribution in [0.15, 0.2) is 21.9 Å². The van der Waals surface area contributed by atoms with Crippen molar-refractivity contribution >= 4 is 34.2 Å². The fourth-order valence-corrected chi connectivity index (χ4v) is 6.40. The van der Waals surface area contributed by atoms with E-state index in [4.69, 9.17) is 14.5 Å². The van der Waals surface area contributed by atoms with E-state index in [0.29, 0.717) is 4.57 Å². The highest BCUT2D eigenvalue weighted by Gasteiger charge is 2.55. The zero-order chi connectivity index (χ0) is 23.1. The van der Waals surface area contributed by atoms with Crippen molar-refractivity contribution in [3.05, 3.63) is 33.1 Å². The van der Waals surface area contributed by atoms with E-state index in [1.165, 1.54) is 0 Å². The van der Waals surface area contributed by atoms with Gasteiger partial charge in [-0.25, -0.2) is 22.6 Å². The molecule has 1 aliphatic heterocycles. The third-order valence-electron chi connectivity index (χ3n) is 3.64. The lowest BCUT2D eigenvalue weighted by molar-refractivity contribution is -0.0593. The van der Waals surface area contributed by atoms with E-state index in [1.807, 2.05) is 4.98 Å². The van der Waals surface area contributed by atoms with Gasteiger partial charge in [-0.15, -0.1) is 0 Å². The van der Waals surface area contributed by atoms with E-state index >= 15 is 0 Å². The standard InChI is InChI=1S/C10H16FN2O13P3S/c1-10(11)7(15)5(24-8(10)13-3-2-6(14)12-9(13)16)4-23-29(22,30)26-28(20,21)25-27(17,18)19/h2-3,5,7-8,15H,4H2,1H3,(H,20,21)(H,22,30)(H,12,14,16)(H2,17,18,19)/t5-,7-,8-,10-,29+/m1/s1. The third kappa shape index (κ3) is 6.43. The molecule has 6 N–H and O–H groups in total. The first-order chi connectivity index (χ1) is 13.4. The first-order valence-electron chi connectivity index (χ1n) is 7.56. The Morgan fingerprint density at radius 3 is 2.43 bits per heavy atom. The molecular weight excluding hydrogens is 500 g/mol. The summed E-state index contributed by atoms with van der Waals surface area (Å²) in [6.45, 7) is -4.76. The number of aromatic nitrogens is 2. The minimum atomic E-state index is -5.56. The Morgan fingerprint density at radius 1 is 1.30 bits per heavy atom. The molecule has 0 aromatic carbocycles. The van der Waals surface area contributed by atoms with Crippen LogP contribution in [0.4, 0.5) is 4.39 Å². The lowest BCUT2D eigenvalue weighted by Gasteiger charge is -2.24. The molecule has 0 saturated carbocycles. The predicted molar refractivity (Wildman–Crippen MR) is 97.2 cm³/mol. The number of alkyl halides is 1. The molecule has 1 unspecified atom stereocenters. The molecule has 0 aliphatic carbocycles. The number of H-pyrrole nitrogens is 1. The normalized spacial score (nSPS) is 31.2. The molecule has 0 bridgehead atoms. The summed E-state index contributed by atoms with van der Waals surface area (Å²) in [6.07, 6.45) is -4.39. The van der Waals surface area contributed by atoms with Gasteiger partial charge in [0, 0.05) is 12.3 Å². The Bertz CT molecular complexity index is 1050. The van der Waals surface area contributed by atoms with Crippen molar-refractivity contribution in [2.24, 2.45) is 0 Å². The van der Waals surface area contributed by atoms with E-state index in [9.17, 15) is 38.0 Å². The molecule has 0 radical (unpaired) electrons. The summed E-state index contributed by atoms with van der Waals surface area (Å²) in [5, 5.41) is 10.1. The second-order valence-electron chi connectivity index (χ2n) is 6.03. The van der Waals surface area contributed by atoms with Crippen molar-refractivity contribution in [1.29, 1.82) is 0 Å². The highest BCUT2D eigenvalue weighted by Crippen LogP contribution is 2.66. The highest BCUT2D eigenvalue weighted by molar-refractivity contribution is 8.08. The van der Waals surface area contributed by atoms with E-state index in [1.54, 1.807) is 0 Å². The van der Waals surface area contributed by atoms with Crippen molar-refractivity contribution in [1.82, 2.24) is 9.55 Å². The van der Waals surface area contributed by atoms with Gasteiger partial charge in [-0.1, -0.05) is 0 Å². The van der Waals surface area contributed by atoms with Gasteiger partial charge in [-0.05, 0) is 18.7 Å². The van der Waals surface area contributed by atoms with Crippen molar-refractivity contribution in [2.75, 3.05) is 6.61 Å². The number of halogens is 1. The van der Waals surface area contributed by atoms with Crippen LogP contribution in [-0.2, 0) is 38.8 Å². The number of nitrogens with zero attached hydrogens (tertiary/aromatic N) is 1. The van der Waals surface area contributed by atoms with Crippen LogP contribution in [-0.4, -0.2) is 58.7 Å². The number of aliphatic hydroxyl groups excluding tert-OH is 1. The van der Waals surface area contributed by atoms with Crippen LogP contribution >= 0.6 is 22.4 Å². The van der Waals surface area contributed by atoms with Crippen molar-refractivity contribution in [2.45, 2.75) is 31.0 Å². The molecular formula is C10H16FN2O13P3S. The SMILES string of the molecule is C[C@@]1(F)[C@H](O)[C@@H](CO[P@](O)(=S)OP(=O)(O)OP(=O)(O)O)O[C@H]1n1ccc(=O)[nH]c1=O. The maximum Gasteiger partial charge on any atom is 0.488 e. The number of ether oxygens (including phenoxy) is 1. The minimum Gasteiger partial charge on any atom is -0.387 e. The van der Waals surface area contributed by atoms with Crippen molar-refractivity contribution in [3.63, 3.8) is 0 Å². The van der Waals surface area contributed by atoms with Crippen molar-refractivity contribution < 1.29 is 56.1 Å². The Kier molecular flexibility index (Phi) is 7.44. The van der Waals surface area contributed by atoms with Crippen LogP contribution in [0, 0.1) is 0 Å². The molecule has 15 nitrogen and oxygen atoms in total. The predicted octanol–water partition coefficient (Wildman–Crippen LogP) is -1.02. The van der Waals surface area contributed by atoms with Crippen LogP contribution in [0.25, 0.3) is 0 Å². The second-order valence-corrected chi connectivity index (χ2v) is 11.8. The summed E-state index contributed by atoms with van der Waals surface area (Å²) in [6, 6.07) is 0.901. The topological polar surface area (TPSA) is 227 Å². The van der Waals surface area contributed by atoms with Crippen molar-refractivity contribution in [3.8, 4) is 0 Å². The fourth-order valence-electron chi connectivity index (χ4n) is 2.43. The molecule has 20 heteroatoms. The van der Waals surface area contributed by atoms with E-state index < -0.39 is 64.3 Å². The molecule has 2 heterocycles. The Balaban J connectivity index is 2.13. The number of nitrogens with one attached hydrogen (secondary N) is 1. The summed E-state index contributed by atoms with van der Waals surface area (Å²) >= 11 is 4.40. The maximum absolute atomic E-state index is 15.0. The van der Waals surface area contributed by atoms with Crippen LogP contribution in [0.5, 0.6) is 0 Å². The van der Waals surface area contributed by atoms with Gasteiger partial charge in [0.2, 0.25) is 0 Å². The lowest BCUT2D eigenvalue weighted by atomic mass is 9.98. The average Bonchev–Trinajstić information content (AvgIpc) is 2.73. The fraction of sp³-hybridized carbons (Fsp3) is 0.600. The molecule has 0 amide bonds. The molecule has 1 saturated heterocycles. The summed E-state index contributed by atoms with van der Waals surface area (Å²) in [7, 11) is -11.1. The molecule has 0 spiro atoms.